The molecular weight excluding hydrogens is 266 g/mol. The molecule has 0 atom stereocenters. The minimum absolute atomic E-state index is 0.0746. The summed E-state index contributed by atoms with van der Waals surface area (Å²) in [5.74, 6) is -1.37. The molecule has 0 aliphatic heterocycles. The highest BCUT2D eigenvalue weighted by atomic mass is 32.2. The number of hydrogen-bond acceptors (Lipinski definition) is 6. The summed E-state index contributed by atoms with van der Waals surface area (Å²) in [5.41, 5.74) is -0.0746. The maximum absolute atomic E-state index is 11.7. The third kappa shape index (κ3) is 3.77. The van der Waals surface area contributed by atoms with Crippen LogP contribution in [0.15, 0.2) is 23.4 Å². The summed E-state index contributed by atoms with van der Waals surface area (Å²) in [7, 11) is -7.75. The van der Waals surface area contributed by atoms with Gasteiger partial charge in [0.25, 0.3) is 0 Å². The molecule has 92 valence electrons. The van der Waals surface area contributed by atoms with Crippen molar-refractivity contribution in [1.29, 1.82) is 5.26 Å². The standard InChI is InChI=1S/C8H9N3O4S2/c9-5-7-1-2-11-6-8(7)16(12,13)3-4-17(10,14)15/h1-2,6H,3-4H2,(H2,10,14,15). The Balaban J connectivity index is 3.11. The number of sulfone groups is 1. The topological polar surface area (TPSA) is 131 Å². The van der Waals surface area contributed by atoms with Gasteiger partial charge in [0.05, 0.1) is 17.1 Å². The normalized spacial score (nSPS) is 12.0. The number of primary sulfonamides is 1. The van der Waals surface area contributed by atoms with E-state index in [2.05, 4.69) is 4.98 Å². The van der Waals surface area contributed by atoms with Crippen LogP contribution in [-0.2, 0) is 19.9 Å². The number of hydrogen-bond donors (Lipinski definition) is 1. The molecular formula is C8H9N3O4S2. The van der Waals surface area contributed by atoms with E-state index in [0.717, 1.165) is 6.20 Å². The summed E-state index contributed by atoms with van der Waals surface area (Å²) in [4.78, 5) is 3.31. The minimum atomic E-state index is -3.88. The largest absolute Gasteiger partial charge is 0.263 e. The Bertz CT molecular complexity index is 658. The van der Waals surface area contributed by atoms with Gasteiger partial charge in [-0.2, -0.15) is 5.26 Å². The molecule has 0 aromatic carbocycles. The Hall–Kier alpha value is -1.50. The van der Waals surface area contributed by atoms with E-state index in [-0.39, 0.29) is 10.5 Å². The fourth-order valence-corrected chi connectivity index (χ4v) is 3.75. The SMILES string of the molecule is N#Cc1ccncc1S(=O)(=O)CCS(N)(=O)=O. The zero-order valence-corrected chi connectivity index (χ0v) is 10.2. The van der Waals surface area contributed by atoms with Crippen molar-refractivity contribution >= 4 is 19.9 Å². The number of nitrogens with zero attached hydrogens (tertiary/aromatic N) is 2. The van der Waals surface area contributed by atoms with Crippen LogP contribution in [0.4, 0.5) is 0 Å². The van der Waals surface area contributed by atoms with E-state index < -0.39 is 31.4 Å². The lowest BCUT2D eigenvalue weighted by Crippen LogP contribution is -2.23. The zero-order valence-electron chi connectivity index (χ0n) is 8.57. The second-order valence-corrected chi connectivity index (χ2v) is 6.98. The highest BCUT2D eigenvalue weighted by molar-refractivity contribution is 7.94. The lowest BCUT2D eigenvalue weighted by molar-refractivity contribution is 0.588. The molecule has 0 unspecified atom stereocenters. The third-order valence-corrected chi connectivity index (χ3v) is 4.65. The van der Waals surface area contributed by atoms with Gasteiger partial charge in [-0.1, -0.05) is 0 Å². The fourth-order valence-electron chi connectivity index (χ4n) is 1.06. The Kier molecular flexibility index (Phi) is 3.82. The van der Waals surface area contributed by atoms with E-state index in [0.29, 0.717) is 0 Å². The molecule has 7 nitrogen and oxygen atoms in total. The first-order valence-electron chi connectivity index (χ1n) is 4.33. The fraction of sp³-hybridized carbons (Fsp3) is 0.250. The van der Waals surface area contributed by atoms with Crippen LogP contribution < -0.4 is 5.14 Å². The van der Waals surface area contributed by atoms with Crippen molar-refractivity contribution in [2.45, 2.75) is 4.90 Å². The summed E-state index contributed by atoms with van der Waals surface area (Å²) in [5, 5.41) is 13.4. The number of sulfonamides is 1. The van der Waals surface area contributed by atoms with Gasteiger partial charge in [-0.25, -0.2) is 22.0 Å². The lowest BCUT2D eigenvalue weighted by Gasteiger charge is -2.04. The van der Waals surface area contributed by atoms with E-state index in [9.17, 15) is 16.8 Å². The van der Waals surface area contributed by atoms with Crippen LogP contribution in [0.3, 0.4) is 0 Å². The molecule has 0 fully saturated rings. The summed E-state index contributed by atoms with van der Waals surface area (Å²) in [6.07, 6.45) is 2.29. The van der Waals surface area contributed by atoms with Crippen molar-refractivity contribution in [2.75, 3.05) is 11.5 Å². The van der Waals surface area contributed by atoms with Gasteiger partial charge in [0.2, 0.25) is 10.0 Å². The molecule has 1 aromatic rings. The van der Waals surface area contributed by atoms with Crippen LogP contribution in [0.1, 0.15) is 5.56 Å². The van der Waals surface area contributed by atoms with Gasteiger partial charge in [-0.05, 0) is 6.07 Å². The van der Waals surface area contributed by atoms with Gasteiger partial charge < -0.3 is 0 Å². The van der Waals surface area contributed by atoms with Crippen molar-refractivity contribution in [1.82, 2.24) is 4.98 Å². The van der Waals surface area contributed by atoms with E-state index in [4.69, 9.17) is 10.4 Å². The van der Waals surface area contributed by atoms with Crippen LogP contribution >= 0.6 is 0 Å². The van der Waals surface area contributed by atoms with Crippen molar-refractivity contribution in [2.24, 2.45) is 5.14 Å². The Morgan fingerprint density at radius 3 is 2.47 bits per heavy atom. The van der Waals surface area contributed by atoms with E-state index in [1.807, 2.05) is 0 Å². The number of nitriles is 1. The van der Waals surface area contributed by atoms with Gasteiger partial charge in [0.1, 0.15) is 11.0 Å². The maximum atomic E-state index is 11.7. The smallest absolute Gasteiger partial charge is 0.210 e. The number of nitrogens with two attached hydrogens (primary N) is 1. The second kappa shape index (κ2) is 4.79. The Morgan fingerprint density at radius 1 is 1.29 bits per heavy atom. The molecule has 1 rings (SSSR count). The van der Waals surface area contributed by atoms with E-state index in [1.54, 1.807) is 6.07 Å². The van der Waals surface area contributed by atoms with Gasteiger partial charge >= 0.3 is 0 Å². The van der Waals surface area contributed by atoms with Crippen molar-refractivity contribution in [3.63, 3.8) is 0 Å². The van der Waals surface area contributed by atoms with E-state index >= 15 is 0 Å². The molecule has 1 aromatic heterocycles. The Morgan fingerprint density at radius 2 is 1.94 bits per heavy atom. The van der Waals surface area contributed by atoms with Gasteiger partial charge in [0, 0.05) is 12.4 Å². The summed E-state index contributed by atoms with van der Waals surface area (Å²) in [6, 6.07) is 2.94. The van der Waals surface area contributed by atoms with Gasteiger partial charge in [-0.3, -0.25) is 4.98 Å². The summed E-state index contributed by atoms with van der Waals surface area (Å²) < 4.78 is 44.9. The molecule has 1 heterocycles. The predicted molar refractivity (Wildman–Crippen MR) is 59.0 cm³/mol. The number of pyridine rings is 1. The first-order valence-corrected chi connectivity index (χ1v) is 7.70. The first kappa shape index (κ1) is 13.6. The zero-order chi connectivity index (χ0) is 13.1. The first-order chi connectivity index (χ1) is 7.76. The highest BCUT2D eigenvalue weighted by Crippen LogP contribution is 2.14. The number of rotatable bonds is 4. The average Bonchev–Trinajstić information content (AvgIpc) is 2.26. The summed E-state index contributed by atoms with van der Waals surface area (Å²) in [6.45, 7) is 0. The van der Waals surface area contributed by atoms with Crippen LogP contribution in [-0.4, -0.2) is 33.3 Å². The van der Waals surface area contributed by atoms with Crippen LogP contribution in [0.25, 0.3) is 0 Å². The molecule has 0 spiro atoms. The van der Waals surface area contributed by atoms with E-state index in [1.165, 1.54) is 12.3 Å². The van der Waals surface area contributed by atoms with Crippen molar-refractivity contribution in [3.8, 4) is 6.07 Å². The molecule has 0 amide bonds. The molecule has 2 N–H and O–H groups in total. The molecule has 0 saturated carbocycles. The molecule has 0 aliphatic carbocycles. The minimum Gasteiger partial charge on any atom is -0.263 e. The summed E-state index contributed by atoms with van der Waals surface area (Å²) >= 11 is 0. The molecule has 0 bridgehead atoms. The maximum Gasteiger partial charge on any atom is 0.210 e. The molecule has 0 aliphatic rings. The predicted octanol–water partition coefficient (Wildman–Crippen LogP) is -0.985. The highest BCUT2D eigenvalue weighted by Gasteiger charge is 2.21. The Labute approximate surface area is 98.9 Å². The van der Waals surface area contributed by atoms with Crippen LogP contribution in [0.5, 0.6) is 0 Å². The van der Waals surface area contributed by atoms with Crippen LogP contribution in [0.2, 0.25) is 0 Å². The average molecular weight is 275 g/mol. The van der Waals surface area contributed by atoms with Crippen molar-refractivity contribution in [3.05, 3.63) is 24.0 Å². The van der Waals surface area contributed by atoms with Gasteiger partial charge in [0.15, 0.2) is 9.84 Å². The van der Waals surface area contributed by atoms with Crippen LogP contribution in [0, 0.1) is 11.3 Å². The lowest BCUT2D eigenvalue weighted by atomic mass is 10.3. The molecule has 9 heteroatoms. The molecule has 0 saturated heterocycles. The monoisotopic (exact) mass is 275 g/mol. The van der Waals surface area contributed by atoms with Crippen molar-refractivity contribution < 1.29 is 16.8 Å². The van der Waals surface area contributed by atoms with Gasteiger partial charge in [-0.15, -0.1) is 0 Å². The molecule has 0 radical (unpaired) electrons. The molecule has 17 heavy (non-hydrogen) atoms. The quantitative estimate of drug-likeness (QED) is 0.751. The third-order valence-electron chi connectivity index (χ3n) is 1.88. The number of aromatic nitrogens is 1. The second-order valence-electron chi connectivity index (χ2n) is 3.17.